The Bertz CT molecular complexity index is 218. The fourth-order valence-electron chi connectivity index (χ4n) is 1.77. The van der Waals surface area contributed by atoms with Crippen molar-refractivity contribution in [3.8, 4) is 0 Å². The van der Waals surface area contributed by atoms with Crippen LogP contribution in [0, 0.1) is 0 Å². The second-order valence-electron chi connectivity index (χ2n) is 3.47. The van der Waals surface area contributed by atoms with Crippen LogP contribution in [0.4, 0.5) is 0 Å². The first kappa shape index (κ1) is 11.2. The SMILES string of the molecule is C=CC(=O)N1CCN(CC)CC1CO. The summed E-state index contributed by atoms with van der Waals surface area (Å²) in [7, 11) is 0. The van der Waals surface area contributed by atoms with E-state index in [0.29, 0.717) is 6.54 Å². The van der Waals surface area contributed by atoms with Crippen LogP contribution in [-0.2, 0) is 4.79 Å². The van der Waals surface area contributed by atoms with Gasteiger partial charge >= 0.3 is 0 Å². The zero-order valence-electron chi connectivity index (χ0n) is 8.65. The highest BCUT2D eigenvalue weighted by molar-refractivity contribution is 5.87. The molecule has 1 N–H and O–H groups in total. The van der Waals surface area contributed by atoms with E-state index in [0.717, 1.165) is 19.6 Å². The van der Waals surface area contributed by atoms with Crippen LogP contribution in [0.1, 0.15) is 6.92 Å². The van der Waals surface area contributed by atoms with Crippen molar-refractivity contribution in [2.45, 2.75) is 13.0 Å². The number of hydrogen-bond acceptors (Lipinski definition) is 3. The summed E-state index contributed by atoms with van der Waals surface area (Å²) in [6, 6.07) is -0.0748. The van der Waals surface area contributed by atoms with Crippen molar-refractivity contribution in [3.63, 3.8) is 0 Å². The zero-order valence-corrected chi connectivity index (χ0v) is 8.65. The predicted octanol–water partition coefficient (Wildman–Crippen LogP) is -0.303. The maximum atomic E-state index is 11.4. The highest BCUT2D eigenvalue weighted by Crippen LogP contribution is 2.09. The minimum absolute atomic E-state index is 0.0239. The van der Waals surface area contributed by atoms with Gasteiger partial charge in [-0.05, 0) is 12.6 Å². The van der Waals surface area contributed by atoms with Gasteiger partial charge in [-0.15, -0.1) is 0 Å². The second kappa shape index (κ2) is 5.12. The first-order chi connectivity index (χ1) is 6.72. The van der Waals surface area contributed by atoms with E-state index in [-0.39, 0.29) is 18.6 Å². The lowest BCUT2D eigenvalue weighted by atomic mass is 10.1. The molecule has 14 heavy (non-hydrogen) atoms. The summed E-state index contributed by atoms with van der Waals surface area (Å²) in [4.78, 5) is 15.3. The average Bonchev–Trinajstić information content (AvgIpc) is 2.27. The van der Waals surface area contributed by atoms with Crippen molar-refractivity contribution >= 4 is 5.91 Å². The standard InChI is InChI=1S/C10H18N2O2/c1-3-10(14)12-6-5-11(4-2)7-9(12)8-13/h3,9,13H,1,4-8H2,2H3. The first-order valence-corrected chi connectivity index (χ1v) is 4.99. The number of piperazine rings is 1. The van der Waals surface area contributed by atoms with E-state index in [1.165, 1.54) is 6.08 Å². The second-order valence-corrected chi connectivity index (χ2v) is 3.47. The van der Waals surface area contributed by atoms with E-state index >= 15 is 0 Å². The van der Waals surface area contributed by atoms with Crippen LogP contribution in [0.3, 0.4) is 0 Å². The van der Waals surface area contributed by atoms with Gasteiger partial charge in [0.05, 0.1) is 12.6 Å². The number of aliphatic hydroxyl groups is 1. The van der Waals surface area contributed by atoms with Crippen LogP contribution in [-0.4, -0.2) is 59.6 Å². The summed E-state index contributed by atoms with van der Waals surface area (Å²) in [6.45, 7) is 8.85. The van der Waals surface area contributed by atoms with Crippen LogP contribution < -0.4 is 0 Å². The molecule has 80 valence electrons. The van der Waals surface area contributed by atoms with E-state index in [1.54, 1.807) is 4.90 Å². The lowest BCUT2D eigenvalue weighted by Gasteiger charge is -2.39. The molecule has 0 aliphatic carbocycles. The Hall–Kier alpha value is -0.870. The molecule has 1 aliphatic rings. The third kappa shape index (κ3) is 2.33. The van der Waals surface area contributed by atoms with E-state index < -0.39 is 0 Å². The van der Waals surface area contributed by atoms with Gasteiger partial charge in [-0.2, -0.15) is 0 Å². The predicted molar refractivity (Wildman–Crippen MR) is 54.9 cm³/mol. The number of rotatable bonds is 3. The Balaban J connectivity index is 2.60. The molecule has 1 rings (SSSR count). The average molecular weight is 198 g/mol. The van der Waals surface area contributed by atoms with Gasteiger partial charge in [0.15, 0.2) is 0 Å². The molecule has 4 nitrogen and oxygen atoms in total. The molecular weight excluding hydrogens is 180 g/mol. The van der Waals surface area contributed by atoms with E-state index in [2.05, 4.69) is 18.4 Å². The normalized spacial score (nSPS) is 23.6. The third-order valence-corrected chi connectivity index (χ3v) is 2.68. The van der Waals surface area contributed by atoms with E-state index in [4.69, 9.17) is 5.11 Å². The molecule has 0 radical (unpaired) electrons. The molecule has 1 amide bonds. The number of aliphatic hydroxyl groups excluding tert-OH is 1. The molecule has 1 heterocycles. The maximum Gasteiger partial charge on any atom is 0.246 e. The monoisotopic (exact) mass is 198 g/mol. The number of amides is 1. The van der Waals surface area contributed by atoms with Crippen LogP contribution in [0.2, 0.25) is 0 Å². The number of carbonyl (C=O) groups excluding carboxylic acids is 1. The van der Waals surface area contributed by atoms with Crippen molar-refractivity contribution in [2.75, 3.05) is 32.8 Å². The highest BCUT2D eigenvalue weighted by atomic mass is 16.3. The summed E-state index contributed by atoms with van der Waals surface area (Å²) in [5.74, 6) is -0.0835. The van der Waals surface area contributed by atoms with Crippen molar-refractivity contribution in [2.24, 2.45) is 0 Å². The van der Waals surface area contributed by atoms with Crippen molar-refractivity contribution in [3.05, 3.63) is 12.7 Å². The summed E-state index contributed by atoms with van der Waals surface area (Å²) in [6.07, 6.45) is 1.31. The summed E-state index contributed by atoms with van der Waals surface area (Å²) in [5.41, 5.74) is 0. The van der Waals surface area contributed by atoms with E-state index in [9.17, 15) is 4.79 Å². The molecule has 1 atom stereocenters. The van der Waals surface area contributed by atoms with Gasteiger partial charge in [0.1, 0.15) is 0 Å². The van der Waals surface area contributed by atoms with Gasteiger partial charge in [0.2, 0.25) is 5.91 Å². The molecule has 0 spiro atoms. The third-order valence-electron chi connectivity index (χ3n) is 2.68. The van der Waals surface area contributed by atoms with Gasteiger partial charge in [0.25, 0.3) is 0 Å². The van der Waals surface area contributed by atoms with Crippen molar-refractivity contribution in [1.29, 1.82) is 0 Å². The Morgan fingerprint density at radius 3 is 2.86 bits per heavy atom. The Morgan fingerprint density at radius 1 is 1.64 bits per heavy atom. The van der Waals surface area contributed by atoms with E-state index in [1.807, 2.05) is 0 Å². The summed E-state index contributed by atoms with van der Waals surface area (Å²) < 4.78 is 0. The van der Waals surface area contributed by atoms with Crippen molar-refractivity contribution in [1.82, 2.24) is 9.80 Å². The van der Waals surface area contributed by atoms with Gasteiger partial charge in [-0.25, -0.2) is 0 Å². The number of carbonyl (C=O) groups is 1. The zero-order chi connectivity index (χ0) is 10.6. The molecule has 0 aromatic carbocycles. The molecule has 0 aromatic heterocycles. The Morgan fingerprint density at radius 2 is 2.36 bits per heavy atom. The van der Waals surface area contributed by atoms with Crippen LogP contribution in [0.15, 0.2) is 12.7 Å². The first-order valence-electron chi connectivity index (χ1n) is 4.99. The van der Waals surface area contributed by atoms with Gasteiger partial charge in [0, 0.05) is 19.6 Å². The van der Waals surface area contributed by atoms with Gasteiger partial charge in [-0.1, -0.05) is 13.5 Å². The molecule has 1 aliphatic heterocycles. The van der Waals surface area contributed by atoms with Crippen LogP contribution >= 0.6 is 0 Å². The van der Waals surface area contributed by atoms with Crippen LogP contribution in [0.25, 0.3) is 0 Å². The Kier molecular flexibility index (Phi) is 4.10. The molecule has 0 saturated carbocycles. The summed E-state index contributed by atoms with van der Waals surface area (Å²) >= 11 is 0. The van der Waals surface area contributed by atoms with Crippen molar-refractivity contribution < 1.29 is 9.90 Å². The molecule has 0 aromatic rings. The van der Waals surface area contributed by atoms with Gasteiger partial charge in [-0.3, -0.25) is 9.69 Å². The van der Waals surface area contributed by atoms with Gasteiger partial charge < -0.3 is 10.0 Å². The molecule has 1 unspecified atom stereocenters. The molecule has 1 fully saturated rings. The smallest absolute Gasteiger partial charge is 0.246 e. The quantitative estimate of drug-likeness (QED) is 0.633. The minimum Gasteiger partial charge on any atom is -0.394 e. The fourth-order valence-corrected chi connectivity index (χ4v) is 1.77. The molecule has 1 saturated heterocycles. The maximum absolute atomic E-state index is 11.4. The fraction of sp³-hybridized carbons (Fsp3) is 0.700. The largest absolute Gasteiger partial charge is 0.394 e. The molecular formula is C10H18N2O2. The number of nitrogens with zero attached hydrogens (tertiary/aromatic N) is 2. The topological polar surface area (TPSA) is 43.8 Å². The minimum atomic E-state index is -0.0835. The van der Waals surface area contributed by atoms with Crippen LogP contribution in [0.5, 0.6) is 0 Å². The lowest BCUT2D eigenvalue weighted by Crippen LogP contribution is -2.56. The molecule has 0 bridgehead atoms. The Labute approximate surface area is 84.8 Å². The summed E-state index contributed by atoms with van der Waals surface area (Å²) in [5, 5.41) is 9.16. The number of likely N-dealkylation sites (N-methyl/N-ethyl adjacent to an activating group) is 1. The number of hydrogen-bond donors (Lipinski definition) is 1. The molecule has 4 heteroatoms. The lowest BCUT2D eigenvalue weighted by molar-refractivity contribution is -0.132. The highest BCUT2D eigenvalue weighted by Gasteiger charge is 2.27.